The van der Waals surface area contributed by atoms with E-state index in [0.717, 1.165) is 6.07 Å². The van der Waals surface area contributed by atoms with Gasteiger partial charge < -0.3 is 0 Å². The standard InChI is InChI=1S/C11H4Cl2F3N5/c12-7-1-5(11(14,15)16)2-17-10(7)21-9-6(3-20-21)8(13)18-4-19-9/h1-4H. The van der Waals surface area contributed by atoms with Crippen LogP contribution in [0, 0.1) is 0 Å². The molecule has 0 radical (unpaired) electrons. The number of alkyl halides is 3. The predicted octanol–water partition coefficient (Wildman–Crippen LogP) is 3.54. The first-order valence-electron chi connectivity index (χ1n) is 5.45. The molecule has 3 heterocycles. The van der Waals surface area contributed by atoms with Crippen molar-refractivity contribution < 1.29 is 13.2 Å². The van der Waals surface area contributed by atoms with E-state index in [-0.39, 0.29) is 16.0 Å². The molecule has 0 bridgehead atoms. The maximum Gasteiger partial charge on any atom is 0.417 e. The molecule has 0 saturated heterocycles. The smallest absolute Gasteiger partial charge is 0.235 e. The fourth-order valence-electron chi connectivity index (χ4n) is 1.71. The Morgan fingerprint density at radius 3 is 2.48 bits per heavy atom. The lowest BCUT2D eigenvalue weighted by atomic mass is 10.3. The van der Waals surface area contributed by atoms with Gasteiger partial charge in [0.05, 0.1) is 22.2 Å². The summed E-state index contributed by atoms with van der Waals surface area (Å²) in [5.41, 5.74) is -0.649. The van der Waals surface area contributed by atoms with Gasteiger partial charge in [-0.15, -0.1) is 0 Å². The molecule has 0 aromatic carbocycles. The van der Waals surface area contributed by atoms with Gasteiger partial charge in [-0.3, -0.25) is 0 Å². The molecule has 21 heavy (non-hydrogen) atoms. The summed E-state index contributed by atoms with van der Waals surface area (Å²) in [6, 6.07) is 0.778. The third-order valence-electron chi connectivity index (χ3n) is 2.67. The summed E-state index contributed by atoms with van der Waals surface area (Å²) in [5, 5.41) is 4.39. The van der Waals surface area contributed by atoms with Crippen molar-refractivity contribution in [2.75, 3.05) is 0 Å². The number of aromatic nitrogens is 5. The Morgan fingerprint density at radius 1 is 1.05 bits per heavy atom. The summed E-state index contributed by atoms with van der Waals surface area (Å²) in [6.45, 7) is 0. The zero-order chi connectivity index (χ0) is 15.2. The van der Waals surface area contributed by atoms with Gasteiger partial charge in [-0.25, -0.2) is 15.0 Å². The molecular formula is C11H4Cl2F3N5. The van der Waals surface area contributed by atoms with Crippen molar-refractivity contribution in [3.05, 3.63) is 40.5 Å². The summed E-state index contributed by atoms with van der Waals surface area (Å²) in [4.78, 5) is 11.5. The minimum Gasteiger partial charge on any atom is -0.235 e. The first-order chi connectivity index (χ1) is 9.88. The quantitative estimate of drug-likeness (QED) is 0.639. The van der Waals surface area contributed by atoms with Gasteiger partial charge in [-0.05, 0) is 6.07 Å². The molecule has 0 aliphatic rings. The van der Waals surface area contributed by atoms with Gasteiger partial charge in [-0.2, -0.15) is 23.0 Å². The van der Waals surface area contributed by atoms with E-state index in [1.165, 1.54) is 17.2 Å². The van der Waals surface area contributed by atoms with Gasteiger partial charge in [0.15, 0.2) is 11.5 Å². The van der Waals surface area contributed by atoms with Gasteiger partial charge >= 0.3 is 6.18 Å². The molecule has 108 valence electrons. The van der Waals surface area contributed by atoms with E-state index in [0.29, 0.717) is 17.2 Å². The van der Waals surface area contributed by atoms with Crippen molar-refractivity contribution in [1.29, 1.82) is 0 Å². The lowest BCUT2D eigenvalue weighted by molar-refractivity contribution is -0.137. The third-order valence-corrected chi connectivity index (χ3v) is 3.25. The van der Waals surface area contributed by atoms with E-state index >= 15 is 0 Å². The highest BCUT2D eigenvalue weighted by atomic mass is 35.5. The summed E-state index contributed by atoms with van der Waals surface area (Å²) >= 11 is 11.7. The molecule has 0 N–H and O–H groups in total. The van der Waals surface area contributed by atoms with Gasteiger partial charge in [0, 0.05) is 6.20 Å². The van der Waals surface area contributed by atoms with Crippen molar-refractivity contribution >= 4 is 34.2 Å². The van der Waals surface area contributed by atoms with Crippen LogP contribution in [0.25, 0.3) is 16.9 Å². The SMILES string of the molecule is FC(F)(F)c1cnc(-n2ncc3c(Cl)ncnc32)c(Cl)c1. The largest absolute Gasteiger partial charge is 0.417 e. The number of rotatable bonds is 1. The van der Waals surface area contributed by atoms with Crippen LogP contribution in [0.5, 0.6) is 0 Å². The fourth-order valence-corrected chi connectivity index (χ4v) is 2.14. The van der Waals surface area contributed by atoms with Crippen molar-refractivity contribution in [3.63, 3.8) is 0 Å². The monoisotopic (exact) mass is 333 g/mol. The van der Waals surface area contributed by atoms with Crippen molar-refractivity contribution in [1.82, 2.24) is 24.7 Å². The number of fused-ring (bicyclic) bond motifs is 1. The van der Waals surface area contributed by atoms with E-state index in [1.807, 2.05) is 0 Å². The summed E-state index contributed by atoms with van der Waals surface area (Å²) in [5.74, 6) is 0.0226. The summed E-state index contributed by atoms with van der Waals surface area (Å²) < 4.78 is 39.0. The van der Waals surface area contributed by atoms with E-state index in [4.69, 9.17) is 23.2 Å². The second-order valence-corrected chi connectivity index (χ2v) is 4.75. The maximum atomic E-state index is 12.6. The summed E-state index contributed by atoms with van der Waals surface area (Å²) in [6.07, 6.45) is -1.25. The number of pyridine rings is 1. The first-order valence-corrected chi connectivity index (χ1v) is 6.21. The van der Waals surface area contributed by atoms with Crippen LogP contribution >= 0.6 is 23.2 Å². The van der Waals surface area contributed by atoms with E-state index < -0.39 is 11.7 Å². The average Bonchev–Trinajstić information content (AvgIpc) is 2.83. The van der Waals surface area contributed by atoms with E-state index in [2.05, 4.69) is 20.1 Å². The Morgan fingerprint density at radius 2 is 1.81 bits per heavy atom. The molecule has 0 saturated carbocycles. The number of nitrogens with zero attached hydrogens (tertiary/aromatic N) is 5. The third kappa shape index (κ3) is 2.40. The molecular weight excluding hydrogens is 330 g/mol. The Labute approximate surface area is 125 Å². The van der Waals surface area contributed by atoms with Crippen LogP contribution in [-0.2, 0) is 6.18 Å². The second-order valence-electron chi connectivity index (χ2n) is 3.99. The van der Waals surface area contributed by atoms with Crippen LogP contribution in [0.3, 0.4) is 0 Å². The molecule has 3 aromatic rings. The average molecular weight is 334 g/mol. The van der Waals surface area contributed by atoms with Crippen molar-refractivity contribution in [2.45, 2.75) is 6.18 Å². The molecule has 0 fully saturated rings. The van der Waals surface area contributed by atoms with Gasteiger partial charge in [0.1, 0.15) is 11.5 Å². The highest BCUT2D eigenvalue weighted by molar-refractivity contribution is 6.34. The van der Waals surface area contributed by atoms with Crippen LogP contribution in [-0.4, -0.2) is 24.7 Å². The van der Waals surface area contributed by atoms with Crippen molar-refractivity contribution in [2.24, 2.45) is 0 Å². The molecule has 0 unspecified atom stereocenters. The normalized spacial score (nSPS) is 12.0. The van der Waals surface area contributed by atoms with Crippen LogP contribution in [0.1, 0.15) is 5.56 Å². The zero-order valence-corrected chi connectivity index (χ0v) is 11.4. The molecule has 5 nitrogen and oxygen atoms in total. The molecule has 0 spiro atoms. The lowest BCUT2D eigenvalue weighted by Gasteiger charge is -2.09. The molecule has 0 amide bonds. The Kier molecular flexibility index (Phi) is 3.22. The number of halogens is 5. The van der Waals surface area contributed by atoms with Crippen molar-refractivity contribution in [3.8, 4) is 5.82 Å². The van der Waals surface area contributed by atoms with E-state index in [9.17, 15) is 13.2 Å². The van der Waals surface area contributed by atoms with Crippen LogP contribution < -0.4 is 0 Å². The minimum atomic E-state index is -4.52. The minimum absolute atomic E-state index is 0.0226. The maximum absolute atomic E-state index is 12.6. The summed E-state index contributed by atoms with van der Waals surface area (Å²) in [7, 11) is 0. The lowest BCUT2D eigenvalue weighted by Crippen LogP contribution is -2.08. The predicted molar refractivity (Wildman–Crippen MR) is 69.5 cm³/mol. The molecule has 10 heteroatoms. The Balaban J connectivity index is 2.18. The number of hydrogen-bond donors (Lipinski definition) is 0. The Bertz CT molecular complexity index is 830. The molecule has 0 atom stereocenters. The van der Waals surface area contributed by atoms with Gasteiger partial charge in [0.25, 0.3) is 0 Å². The van der Waals surface area contributed by atoms with Crippen LogP contribution in [0.4, 0.5) is 13.2 Å². The molecule has 0 aliphatic carbocycles. The fraction of sp³-hybridized carbons (Fsp3) is 0.0909. The Hall–Kier alpha value is -1.93. The van der Waals surface area contributed by atoms with Crippen LogP contribution in [0.2, 0.25) is 10.2 Å². The first kappa shape index (κ1) is 14.0. The highest BCUT2D eigenvalue weighted by Gasteiger charge is 2.32. The highest BCUT2D eigenvalue weighted by Crippen LogP contribution is 2.32. The topological polar surface area (TPSA) is 56.5 Å². The zero-order valence-electron chi connectivity index (χ0n) is 9.94. The van der Waals surface area contributed by atoms with Crippen LogP contribution in [0.15, 0.2) is 24.8 Å². The van der Waals surface area contributed by atoms with Gasteiger partial charge in [0.2, 0.25) is 0 Å². The van der Waals surface area contributed by atoms with E-state index in [1.54, 1.807) is 0 Å². The second kappa shape index (κ2) is 4.81. The molecule has 0 aliphatic heterocycles. The van der Waals surface area contributed by atoms with Gasteiger partial charge in [-0.1, -0.05) is 23.2 Å². The molecule has 3 aromatic heterocycles. The molecule has 3 rings (SSSR count). The number of hydrogen-bond acceptors (Lipinski definition) is 4.